The lowest BCUT2D eigenvalue weighted by Crippen LogP contribution is -2.02. The highest BCUT2D eigenvalue weighted by Gasteiger charge is 2.13. The summed E-state index contributed by atoms with van der Waals surface area (Å²) in [6.45, 7) is 1.90. The quantitative estimate of drug-likeness (QED) is 0.479. The standard InChI is InChI=1S/C19H17NO3/c1-13-5-4-6-15(9-13)19(21)16(12-20)10-14-7-8-17(22-2)11-18(14)23-3/h4-11H,1-3H3. The Morgan fingerprint density at radius 1 is 1.13 bits per heavy atom. The van der Waals surface area contributed by atoms with E-state index in [0.29, 0.717) is 22.6 Å². The second-order valence-corrected chi connectivity index (χ2v) is 4.98. The lowest BCUT2D eigenvalue weighted by atomic mass is 10.00. The van der Waals surface area contributed by atoms with Crippen molar-refractivity contribution in [1.82, 2.24) is 0 Å². The number of hydrogen-bond acceptors (Lipinski definition) is 4. The minimum Gasteiger partial charge on any atom is -0.497 e. The molecule has 0 bridgehead atoms. The molecule has 0 saturated heterocycles. The number of allylic oxidation sites excluding steroid dienone is 1. The second-order valence-electron chi connectivity index (χ2n) is 4.98. The van der Waals surface area contributed by atoms with Crippen molar-refractivity contribution in [2.24, 2.45) is 0 Å². The Balaban J connectivity index is 2.43. The third-order valence-corrected chi connectivity index (χ3v) is 3.39. The molecule has 0 atom stereocenters. The van der Waals surface area contributed by atoms with E-state index in [9.17, 15) is 10.1 Å². The number of ether oxygens (including phenoxy) is 2. The maximum Gasteiger partial charge on any atom is 0.203 e. The van der Waals surface area contributed by atoms with Gasteiger partial charge in [0.05, 0.1) is 14.2 Å². The molecular weight excluding hydrogens is 290 g/mol. The van der Waals surface area contributed by atoms with Gasteiger partial charge >= 0.3 is 0 Å². The van der Waals surface area contributed by atoms with Crippen LogP contribution in [0.1, 0.15) is 21.5 Å². The molecule has 23 heavy (non-hydrogen) atoms. The van der Waals surface area contributed by atoms with Gasteiger partial charge in [-0.1, -0.05) is 23.8 Å². The molecule has 0 fully saturated rings. The number of carbonyl (C=O) groups is 1. The summed E-state index contributed by atoms with van der Waals surface area (Å²) >= 11 is 0. The molecule has 0 unspecified atom stereocenters. The van der Waals surface area contributed by atoms with E-state index in [4.69, 9.17) is 9.47 Å². The summed E-state index contributed by atoms with van der Waals surface area (Å²) in [5.74, 6) is 0.866. The summed E-state index contributed by atoms with van der Waals surface area (Å²) in [5, 5.41) is 9.35. The Hall–Kier alpha value is -3.06. The van der Waals surface area contributed by atoms with E-state index in [1.165, 1.54) is 13.2 Å². The van der Waals surface area contributed by atoms with Gasteiger partial charge in [-0.3, -0.25) is 4.79 Å². The van der Waals surface area contributed by atoms with Gasteiger partial charge in [-0.05, 0) is 31.2 Å². The largest absolute Gasteiger partial charge is 0.497 e. The zero-order valence-electron chi connectivity index (χ0n) is 13.3. The molecule has 0 aromatic heterocycles. The van der Waals surface area contributed by atoms with Crippen LogP contribution < -0.4 is 9.47 Å². The number of nitrogens with zero attached hydrogens (tertiary/aromatic N) is 1. The molecule has 2 aromatic carbocycles. The van der Waals surface area contributed by atoms with Crippen LogP contribution in [0.5, 0.6) is 11.5 Å². The van der Waals surface area contributed by atoms with Crippen LogP contribution in [0.25, 0.3) is 6.08 Å². The van der Waals surface area contributed by atoms with Gasteiger partial charge in [0.2, 0.25) is 5.78 Å². The van der Waals surface area contributed by atoms with Crippen molar-refractivity contribution in [1.29, 1.82) is 5.26 Å². The molecule has 0 saturated carbocycles. The maximum atomic E-state index is 12.5. The number of aryl methyl sites for hydroxylation is 1. The van der Waals surface area contributed by atoms with Crippen LogP contribution in [0.4, 0.5) is 0 Å². The van der Waals surface area contributed by atoms with Crippen LogP contribution in [0.15, 0.2) is 48.0 Å². The van der Waals surface area contributed by atoms with E-state index >= 15 is 0 Å². The van der Waals surface area contributed by atoms with Crippen LogP contribution in [0.3, 0.4) is 0 Å². The third-order valence-electron chi connectivity index (χ3n) is 3.39. The number of carbonyl (C=O) groups excluding carboxylic acids is 1. The molecule has 2 aromatic rings. The monoisotopic (exact) mass is 307 g/mol. The van der Waals surface area contributed by atoms with Crippen LogP contribution in [-0.4, -0.2) is 20.0 Å². The highest BCUT2D eigenvalue weighted by atomic mass is 16.5. The number of methoxy groups -OCH3 is 2. The Morgan fingerprint density at radius 2 is 1.91 bits per heavy atom. The fraction of sp³-hybridized carbons (Fsp3) is 0.158. The first-order valence-electron chi connectivity index (χ1n) is 7.04. The van der Waals surface area contributed by atoms with Gasteiger partial charge in [0.15, 0.2) is 0 Å². The Kier molecular flexibility index (Phi) is 5.16. The molecule has 116 valence electrons. The lowest BCUT2D eigenvalue weighted by molar-refractivity contribution is 0.104. The van der Waals surface area contributed by atoms with Crippen molar-refractivity contribution >= 4 is 11.9 Å². The second kappa shape index (κ2) is 7.28. The molecule has 0 heterocycles. The van der Waals surface area contributed by atoms with E-state index in [2.05, 4.69) is 0 Å². The Bertz CT molecular complexity index is 801. The van der Waals surface area contributed by atoms with Crippen molar-refractivity contribution < 1.29 is 14.3 Å². The normalized spacial score (nSPS) is 10.8. The number of Topliss-reactive ketones (excluding diaryl/α,β-unsaturated/α-hetero) is 1. The van der Waals surface area contributed by atoms with Gasteiger partial charge < -0.3 is 9.47 Å². The van der Waals surface area contributed by atoms with E-state index in [0.717, 1.165) is 5.56 Å². The van der Waals surface area contributed by atoms with Crippen LogP contribution >= 0.6 is 0 Å². The molecule has 0 amide bonds. The molecule has 0 aliphatic rings. The van der Waals surface area contributed by atoms with Gasteiger partial charge in [0.25, 0.3) is 0 Å². The van der Waals surface area contributed by atoms with Crippen molar-refractivity contribution in [3.63, 3.8) is 0 Å². The molecule has 0 radical (unpaired) electrons. The van der Waals surface area contributed by atoms with Crippen molar-refractivity contribution in [3.05, 3.63) is 64.7 Å². The van der Waals surface area contributed by atoms with Crippen LogP contribution in [-0.2, 0) is 0 Å². The fourth-order valence-corrected chi connectivity index (χ4v) is 2.18. The molecule has 2 rings (SSSR count). The van der Waals surface area contributed by atoms with Gasteiger partial charge in [-0.25, -0.2) is 0 Å². The van der Waals surface area contributed by atoms with Crippen molar-refractivity contribution in [2.45, 2.75) is 6.92 Å². The number of rotatable bonds is 5. The molecule has 0 aliphatic carbocycles. The number of hydrogen-bond donors (Lipinski definition) is 0. The summed E-state index contributed by atoms with van der Waals surface area (Å²) in [5.41, 5.74) is 2.16. The first-order chi connectivity index (χ1) is 11.1. The number of ketones is 1. The molecule has 0 spiro atoms. The summed E-state index contributed by atoms with van der Waals surface area (Å²) < 4.78 is 10.4. The summed E-state index contributed by atoms with van der Waals surface area (Å²) in [6, 6.07) is 14.3. The highest BCUT2D eigenvalue weighted by molar-refractivity contribution is 6.14. The molecule has 4 heteroatoms. The average molecular weight is 307 g/mol. The number of nitriles is 1. The van der Waals surface area contributed by atoms with E-state index < -0.39 is 0 Å². The third kappa shape index (κ3) is 3.78. The highest BCUT2D eigenvalue weighted by Crippen LogP contribution is 2.27. The number of benzene rings is 2. The SMILES string of the molecule is COc1ccc(C=C(C#N)C(=O)c2cccc(C)c2)c(OC)c1. The first kappa shape index (κ1) is 16.3. The van der Waals surface area contributed by atoms with Gasteiger partial charge in [-0.2, -0.15) is 5.26 Å². The molecule has 0 N–H and O–H groups in total. The minimum absolute atomic E-state index is 0.0547. The van der Waals surface area contributed by atoms with E-state index in [1.54, 1.807) is 43.5 Å². The predicted molar refractivity (Wildman–Crippen MR) is 88.6 cm³/mol. The molecular formula is C19H17NO3. The van der Waals surface area contributed by atoms with Gasteiger partial charge in [-0.15, -0.1) is 0 Å². The average Bonchev–Trinajstić information content (AvgIpc) is 2.59. The smallest absolute Gasteiger partial charge is 0.203 e. The fourth-order valence-electron chi connectivity index (χ4n) is 2.18. The minimum atomic E-state index is -0.311. The van der Waals surface area contributed by atoms with Crippen LogP contribution in [0.2, 0.25) is 0 Å². The summed E-state index contributed by atoms with van der Waals surface area (Å²) in [6.07, 6.45) is 1.53. The maximum absolute atomic E-state index is 12.5. The van der Waals surface area contributed by atoms with E-state index in [1.807, 2.05) is 19.1 Å². The van der Waals surface area contributed by atoms with Crippen molar-refractivity contribution in [2.75, 3.05) is 14.2 Å². The van der Waals surface area contributed by atoms with Gasteiger partial charge in [0, 0.05) is 17.2 Å². The lowest BCUT2D eigenvalue weighted by Gasteiger charge is -2.08. The molecule has 0 aliphatic heterocycles. The van der Waals surface area contributed by atoms with Gasteiger partial charge in [0.1, 0.15) is 23.1 Å². The zero-order valence-corrected chi connectivity index (χ0v) is 13.3. The Morgan fingerprint density at radius 3 is 2.52 bits per heavy atom. The topological polar surface area (TPSA) is 59.3 Å². The van der Waals surface area contributed by atoms with E-state index in [-0.39, 0.29) is 11.4 Å². The summed E-state index contributed by atoms with van der Waals surface area (Å²) in [7, 11) is 3.09. The molecule has 4 nitrogen and oxygen atoms in total. The predicted octanol–water partition coefficient (Wildman–Crippen LogP) is 3.80. The van der Waals surface area contributed by atoms with Crippen LogP contribution in [0, 0.1) is 18.3 Å². The Labute approximate surface area is 135 Å². The van der Waals surface area contributed by atoms with Crippen molar-refractivity contribution in [3.8, 4) is 17.6 Å². The summed E-state index contributed by atoms with van der Waals surface area (Å²) in [4.78, 5) is 12.5. The zero-order chi connectivity index (χ0) is 16.8. The first-order valence-corrected chi connectivity index (χ1v) is 7.04.